The number of esters is 1. The lowest BCUT2D eigenvalue weighted by Gasteiger charge is -2.18. The van der Waals surface area contributed by atoms with Crippen molar-refractivity contribution in [3.63, 3.8) is 0 Å². The minimum absolute atomic E-state index is 0.205. The summed E-state index contributed by atoms with van der Waals surface area (Å²) in [4.78, 5) is 24.3. The summed E-state index contributed by atoms with van der Waals surface area (Å²) in [5, 5.41) is 2.74. The number of hydrogen-bond donors (Lipinski definition) is 1. The molecule has 0 radical (unpaired) electrons. The van der Waals surface area contributed by atoms with Crippen molar-refractivity contribution in [1.82, 2.24) is 5.32 Å². The third-order valence-electron chi connectivity index (χ3n) is 2.84. The molecule has 118 valence electrons. The number of carbonyl (C=O) groups is 2. The number of rotatable bonds is 7. The Kier molecular flexibility index (Phi) is 6.81. The fourth-order valence-corrected chi connectivity index (χ4v) is 2.36. The van der Waals surface area contributed by atoms with Crippen LogP contribution in [0.25, 0.3) is 0 Å². The Balaban J connectivity index is 2.77. The van der Waals surface area contributed by atoms with Gasteiger partial charge in [-0.25, -0.2) is 4.79 Å². The Hall–Kier alpha value is -1.43. The van der Waals surface area contributed by atoms with E-state index in [-0.39, 0.29) is 12.0 Å². The lowest BCUT2D eigenvalue weighted by Crippen LogP contribution is -2.43. The van der Waals surface area contributed by atoms with Gasteiger partial charge >= 0.3 is 5.97 Å². The number of thioether (sulfide) groups is 1. The fraction of sp³-hybridized carbons (Fsp3) is 0.600. The molecule has 1 aromatic heterocycles. The van der Waals surface area contributed by atoms with Gasteiger partial charge in [-0.15, -0.1) is 0 Å². The molecule has 0 spiro atoms. The van der Waals surface area contributed by atoms with Gasteiger partial charge in [0.15, 0.2) is 0 Å². The highest BCUT2D eigenvalue weighted by Gasteiger charge is 2.24. The summed E-state index contributed by atoms with van der Waals surface area (Å²) in [5.41, 5.74) is 0.457. The molecule has 1 heterocycles. The zero-order valence-electron chi connectivity index (χ0n) is 13.2. The third kappa shape index (κ3) is 5.46. The van der Waals surface area contributed by atoms with Crippen LogP contribution in [0.15, 0.2) is 10.5 Å². The molecule has 1 N–H and O–H groups in total. The van der Waals surface area contributed by atoms with Crippen LogP contribution >= 0.6 is 11.8 Å². The van der Waals surface area contributed by atoms with Crippen LogP contribution in [0.3, 0.4) is 0 Å². The van der Waals surface area contributed by atoms with Crippen molar-refractivity contribution in [2.75, 3.05) is 12.0 Å². The summed E-state index contributed by atoms with van der Waals surface area (Å²) in [6, 6.07) is 1.03. The number of furan rings is 1. The van der Waals surface area contributed by atoms with Crippen molar-refractivity contribution in [3.05, 3.63) is 23.2 Å². The lowest BCUT2D eigenvalue weighted by atomic mass is 10.2. The molecule has 5 nitrogen and oxygen atoms in total. The standard InChI is InChI=1S/C15H23NO4S/c1-9(2)19-15(18)13(6-7-21-5)16-14(17)12-8-10(3)20-11(12)4/h8-9,13H,6-7H2,1-5H3,(H,16,17). The van der Waals surface area contributed by atoms with E-state index in [0.717, 1.165) is 5.75 Å². The van der Waals surface area contributed by atoms with Crippen molar-refractivity contribution in [3.8, 4) is 0 Å². The summed E-state index contributed by atoms with van der Waals surface area (Å²) in [6.07, 6.45) is 2.29. The van der Waals surface area contributed by atoms with Gasteiger partial charge in [-0.05, 0) is 52.2 Å². The summed E-state index contributed by atoms with van der Waals surface area (Å²) >= 11 is 1.62. The SMILES string of the molecule is CSCCC(NC(=O)c1cc(C)oc1C)C(=O)OC(C)C. The molecule has 1 aromatic rings. The highest BCUT2D eigenvalue weighted by molar-refractivity contribution is 7.98. The maximum atomic E-state index is 12.3. The van der Waals surface area contributed by atoms with Gasteiger partial charge in [-0.1, -0.05) is 0 Å². The number of carbonyl (C=O) groups excluding carboxylic acids is 2. The minimum Gasteiger partial charge on any atom is -0.466 e. The van der Waals surface area contributed by atoms with Crippen LogP contribution in [-0.4, -0.2) is 36.0 Å². The maximum Gasteiger partial charge on any atom is 0.328 e. The smallest absolute Gasteiger partial charge is 0.328 e. The number of hydrogen-bond acceptors (Lipinski definition) is 5. The predicted molar refractivity (Wildman–Crippen MR) is 83.7 cm³/mol. The van der Waals surface area contributed by atoms with E-state index >= 15 is 0 Å². The normalized spacial score (nSPS) is 12.3. The molecule has 0 aromatic carbocycles. The van der Waals surface area contributed by atoms with Gasteiger partial charge in [0.05, 0.1) is 11.7 Å². The molecule has 6 heteroatoms. The van der Waals surface area contributed by atoms with Gasteiger partial charge < -0.3 is 14.5 Å². The Bertz CT molecular complexity index is 496. The van der Waals surface area contributed by atoms with Gasteiger partial charge in [0.25, 0.3) is 5.91 Å². The average Bonchev–Trinajstić information content (AvgIpc) is 2.72. The number of amides is 1. The van der Waals surface area contributed by atoms with Crippen LogP contribution < -0.4 is 5.32 Å². The third-order valence-corrected chi connectivity index (χ3v) is 3.48. The number of aryl methyl sites for hydroxylation is 2. The molecule has 21 heavy (non-hydrogen) atoms. The Labute approximate surface area is 129 Å². The van der Waals surface area contributed by atoms with E-state index in [4.69, 9.17) is 9.15 Å². The molecular weight excluding hydrogens is 290 g/mol. The fourth-order valence-electron chi connectivity index (χ4n) is 1.89. The first-order valence-corrected chi connectivity index (χ1v) is 8.31. The van der Waals surface area contributed by atoms with Crippen molar-refractivity contribution in [2.45, 2.75) is 46.3 Å². The molecule has 0 fully saturated rings. The summed E-state index contributed by atoms with van der Waals surface area (Å²) in [7, 11) is 0. The first kappa shape index (κ1) is 17.6. The largest absolute Gasteiger partial charge is 0.466 e. The van der Waals surface area contributed by atoms with Crippen molar-refractivity contribution in [2.24, 2.45) is 0 Å². The maximum absolute atomic E-state index is 12.3. The topological polar surface area (TPSA) is 68.5 Å². The van der Waals surface area contributed by atoms with E-state index in [0.29, 0.717) is 23.5 Å². The number of ether oxygens (including phenoxy) is 1. The van der Waals surface area contributed by atoms with E-state index in [1.54, 1.807) is 45.5 Å². The molecule has 0 aliphatic carbocycles. The van der Waals surface area contributed by atoms with Gasteiger partial charge in [0.2, 0.25) is 0 Å². The minimum atomic E-state index is -0.637. The van der Waals surface area contributed by atoms with E-state index in [2.05, 4.69) is 5.32 Å². The quantitative estimate of drug-likeness (QED) is 0.784. The molecule has 0 aliphatic rings. The zero-order valence-corrected chi connectivity index (χ0v) is 14.0. The second kappa shape index (κ2) is 8.12. The van der Waals surface area contributed by atoms with Crippen LogP contribution in [0, 0.1) is 13.8 Å². The molecule has 1 rings (SSSR count). The molecule has 0 aliphatic heterocycles. The number of nitrogens with one attached hydrogen (secondary N) is 1. The van der Waals surface area contributed by atoms with E-state index in [9.17, 15) is 9.59 Å². The molecule has 0 bridgehead atoms. The van der Waals surface area contributed by atoms with Gasteiger partial charge in [0, 0.05) is 0 Å². The van der Waals surface area contributed by atoms with E-state index in [1.165, 1.54) is 0 Å². The molecular formula is C15H23NO4S. The van der Waals surface area contributed by atoms with Crippen LogP contribution in [0.5, 0.6) is 0 Å². The predicted octanol–water partition coefficient (Wildman–Crippen LogP) is 2.70. The monoisotopic (exact) mass is 313 g/mol. The first-order valence-electron chi connectivity index (χ1n) is 6.92. The van der Waals surface area contributed by atoms with Crippen molar-refractivity contribution < 1.29 is 18.7 Å². The van der Waals surface area contributed by atoms with E-state index < -0.39 is 12.0 Å². The second-order valence-electron chi connectivity index (χ2n) is 5.12. The van der Waals surface area contributed by atoms with Gasteiger partial charge in [-0.2, -0.15) is 11.8 Å². The van der Waals surface area contributed by atoms with E-state index in [1.807, 2.05) is 6.26 Å². The van der Waals surface area contributed by atoms with Crippen LogP contribution in [0.1, 0.15) is 42.1 Å². The summed E-state index contributed by atoms with van der Waals surface area (Å²) in [5.74, 6) is 1.27. The molecule has 0 saturated heterocycles. The van der Waals surface area contributed by atoms with Crippen LogP contribution in [0.2, 0.25) is 0 Å². The highest BCUT2D eigenvalue weighted by atomic mass is 32.2. The van der Waals surface area contributed by atoms with Crippen LogP contribution in [0.4, 0.5) is 0 Å². The lowest BCUT2D eigenvalue weighted by molar-refractivity contribution is -0.149. The Morgan fingerprint density at radius 3 is 2.52 bits per heavy atom. The average molecular weight is 313 g/mol. The molecule has 0 saturated carbocycles. The summed E-state index contributed by atoms with van der Waals surface area (Å²) in [6.45, 7) is 7.08. The Morgan fingerprint density at radius 1 is 1.38 bits per heavy atom. The first-order chi connectivity index (χ1) is 9.85. The molecule has 1 amide bonds. The van der Waals surface area contributed by atoms with Crippen molar-refractivity contribution >= 4 is 23.6 Å². The second-order valence-corrected chi connectivity index (χ2v) is 6.11. The highest BCUT2D eigenvalue weighted by Crippen LogP contribution is 2.14. The Morgan fingerprint density at radius 2 is 2.05 bits per heavy atom. The summed E-state index contributed by atoms with van der Waals surface area (Å²) < 4.78 is 10.5. The molecule has 1 atom stereocenters. The van der Waals surface area contributed by atoms with Gasteiger partial charge in [0.1, 0.15) is 17.6 Å². The zero-order chi connectivity index (χ0) is 16.0. The van der Waals surface area contributed by atoms with Crippen LogP contribution in [-0.2, 0) is 9.53 Å². The van der Waals surface area contributed by atoms with Gasteiger partial charge in [-0.3, -0.25) is 4.79 Å². The van der Waals surface area contributed by atoms with Crippen molar-refractivity contribution in [1.29, 1.82) is 0 Å². The molecule has 1 unspecified atom stereocenters.